The third kappa shape index (κ3) is 3.77. The highest BCUT2D eigenvalue weighted by Gasteiger charge is 2.29. The Morgan fingerprint density at radius 1 is 1.09 bits per heavy atom. The Hall–Kier alpha value is -2.86. The van der Waals surface area contributed by atoms with E-state index >= 15 is 0 Å². The Kier molecular flexibility index (Phi) is 5.20. The second-order valence-electron chi connectivity index (χ2n) is 9.90. The quantitative estimate of drug-likeness (QED) is 0.587. The molecule has 1 aromatic carbocycles. The lowest BCUT2D eigenvalue weighted by Gasteiger charge is -2.25. The molecule has 2 aliphatic heterocycles. The number of rotatable bonds is 4. The first-order chi connectivity index (χ1) is 15.3. The number of carbonyl (C=O) groups excluding carboxylic acids is 2. The molecular formula is C26H29N3O2S. The fraction of sp³-hybridized carbons (Fsp3) is 0.385. The molecule has 32 heavy (non-hydrogen) atoms. The number of hydrogen-bond acceptors (Lipinski definition) is 3. The third-order valence-electron chi connectivity index (χ3n) is 6.23. The van der Waals surface area contributed by atoms with Gasteiger partial charge in [-0.15, -0.1) is 11.3 Å². The number of nitrogens with zero attached hydrogens (tertiary/aromatic N) is 2. The van der Waals surface area contributed by atoms with Crippen LogP contribution < -0.4 is 10.2 Å². The number of nitrogens with one attached hydrogen (secondary N) is 1. The van der Waals surface area contributed by atoms with Crippen molar-refractivity contribution in [1.82, 2.24) is 9.88 Å². The van der Waals surface area contributed by atoms with Gasteiger partial charge in [-0.1, -0.05) is 32.9 Å². The van der Waals surface area contributed by atoms with Crippen molar-refractivity contribution in [2.45, 2.75) is 46.6 Å². The molecule has 166 valence electrons. The summed E-state index contributed by atoms with van der Waals surface area (Å²) in [6.45, 7) is 8.53. The molecular weight excluding hydrogens is 418 g/mol. The van der Waals surface area contributed by atoms with Gasteiger partial charge in [0.05, 0.1) is 5.69 Å². The summed E-state index contributed by atoms with van der Waals surface area (Å²) in [5, 5.41) is 5.20. The minimum atomic E-state index is -0.0293. The molecule has 0 unspecified atom stereocenters. The Balaban J connectivity index is 1.62. The molecule has 1 fully saturated rings. The predicted octanol–water partition coefficient (Wildman–Crippen LogP) is 5.34. The van der Waals surface area contributed by atoms with Crippen LogP contribution in [-0.2, 0) is 17.8 Å². The molecule has 0 saturated carbocycles. The van der Waals surface area contributed by atoms with Crippen molar-refractivity contribution < 1.29 is 9.59 Å². The van der Waals surface area contributed by atoms with Gasteiger partial charge in [0.1, 0.15) is 5.69 Å². The highest BCUT2D eigenvalue weighted by Crippen LogP contribution is 2.43. The van der Waals surface area contributed by atoms with E-state index in [9.17, 15) is 9.59 Å². The maximum atomic E-state index is 13.2. The summed E-state index contributed by atoms with van der Waals surface area (Å²) >= 11 is 1.69. The molecule has 0 atom stereocenters. The summed E-state index contributed by atoms with van der Waals surface area (Å²) < 4.78 is 2.17. The molecule has 2 amide bonds. The van der Waals surface area contributed by atoms with Gasteiger partial charge in [0.15, 0.2) is 0 Å². The number of fused-ring (bicyclic) bond motifs is 3. The van der Waals surface area contributed by atoms with E-state index in [2.05, 4.69) is 60.3 Å². The fourth-order valence-electron chi connectivity index (χ4n) is 4.64. The summed E-state index contributed by atoms with van der Waals surface area (Å²) in [5.41, 5.74) is 6.26. The van der Waals surface area contributed by atoms with Crippen molar-refractivity contribution in [3.63, 3.8) is 0 Å². The topological polar surface area (TPSA) is 54.3 Å². The molecule has 6 heteroatoms. The van der Waals surface area contributed by atoms with E-state index in [0.717, 1.165) is 53.3 Å². The minimum absolute atomic E-state index is 0.0212. The number of carbonyl (C=O) groups is 2. The fourth-order valence-corrected chi connectivity index (χ4v) is 5.38. The number of aromatic nitrogens is 1. The number of aryl methyl sites for hydroxylation is 1. The molecule has 0 aliphatic carbocycles. The summed E-state index contributed by atoms with van der Waals surface area (Å²) in [5.74, 6) is 0.162. The van der Waals surface area contributed by atoms with Crippen LogP contribution in [0.4, 0.5) is 5.69 Å². The summed E-state index contributed by atoms with van der Waals surface area (Å²) in [7, 11) is 0. The van der Waals surface area contributed by atoms with E-state index in [1.165, 1.54) is 5.56 Å². The maximum Gasteiger partial charge on any atom is 0.267 e. The monoisotopic (exact) mass is 447 g/mol. The van der Waals surface area contributed by atoms with E-state index in [1.807, 2.05) is 17.0 Å². The van der Waals surface area contributed by atoms with Crippen LogP contribution in [0.5, 0.6) is 0 Å². The Morgan fingerprint density at radius 3 is 2.62 bits per heavy atom. The van der Waals surface area contributed by atoms with Crippen LogP contribution in [0, 0.1) is 5.41 Å². The third-order valence-corrected chi connectivity index (χ3v) is 7.14. The summed E-state index contributed by atoms with van der Waals surface area (Å²) in [4.78, 5) is 28.6. The molecule has 2 aliphatic rings. The normalized spacial score (nSPS) is 15.6. The van der Waals surface area contributed by atoms with Crippen LogP contribution in [0.25, 0.3) is 21.7 Å². The standard InChI is InChI=1S/C26H29N3O2S/c1-26(2,3)16-27-25(31)21-15-20(22-6-5-13-32-22)24-19-14-18(28-11-4-7-23(28)30)9-8-17(19)10-12-29(21)24/h5-6,8-9,13-15H,4,7,10-12,16H2,1-3H3,(H,27,31). The number of benzene rings is 1. The largest absolute Gasteiger partial charge is 0.350 e. The minimum Gasteiger partial charge on any atom is -0.350 e. The average Bonchev–Trinajstić information content (AvgIpc) is 3.50. The Morgan fingerprint density at radius 2 is 1.94 bits per heavy atom. The molecule has 0 bridgehead atoms. The van der Waals surface area contributed by atoms with E-state index < -0.39 is 0 Å². The molecule has 4 heterocycles. The predicted molar refractivity (Wildman–Crippen MR) is 130 cm³/mol. The second kappa shape index (κ2) is 7.93. The number of anilines is 1. The van der Waals surface area contributed by atoms with Crippen molar-refractivity contribution in [3.8, 4) is 21.7 Å². The van der Waals surface area contributed by atoms with E-state index in [4.69, 9.17) is 0 Å². The van der Waals surface area contributed by atoms with Crippen LogP contribution in [0.2, 0.25) is 0 Å². The zero-order valence-electron chi connectivity index (χ0n) is 18.9. The smallest absolute Gasteiger partial charge is 0.267 e. The van der Waals surface area contributed by atoms with Crippen molar-refractivity contribution in [2.24, 2.45) is 5.41 Å². The molecule has 1 saturated heterocycles. The Bertz CT molecular complexity index is 1180. The van der Waals surface area contributed by atoms with E-state index in [0.29, 0.717) is 18.7 Å². The van der Waals surface area contributed by atoms with Gasteiger partial charge in [0, 0.05) is 47.7 Å². The average molecular weight is 448 g/mol. The zero-order chi connectivity index (χ0) is 22.5. The lowest BCUT2D eigenvalue weighted by molar-refractivity contribution is -0.117. The molecule has 5 rings (SSSR count). The Labute approximate surface area is 193 Å². The second-order valence-corrected chi connectivity index (χ2v) is 10.9. The molecule has 5 nitrogen and oxygen atoms in total. The zero-order valence-corrected chi connectivity index (χ0v) is 19.7. The SMILES string of the molecule is CC(C)(C)CNC(=O)c1cc(-c2cccs2)c2n1CCc1ccc(N3CCCC3=O)cc1-2. The first-order valence-corrected chi connectivity index (χ1v) is 12.2. The molecule has 1 N–H and O–H groups in total. The van der Waals surface area contributed by atoms with Gasteiger partial charge in [-0.25, -0.2) is 0 Å². The number of amides is 2. The molecule has 3 aromatic rings. The van der Waals surface area contributed by atoms with Crippen LogP contribution >= 0.6 is 11.3 Å². The van der Waals surface area contributed by atoms with Gasteiger partial charge < -0.3 is 14.8 Å². The van der Waals surface area contributed by atoms with Gasteiger partial charge in [-0.3, -0.25) is 9.59 Å². The maximum absolute atomic E-state index is 13.2. The molecule has 2 aromatic heterocycles. The van der Waals surface area contributed by atoms with Crippen molar-refractivity contribution in [1.29, 1.82) is 0 Å². The van der Waals surface area contributed by atoms with Crippen LogP contribution in [-0.4, -0.2) is 29.5 Å². The van der Waals surface area contributed by atoms with E-state index in [1.54, 1.807) is 11.3 Å². The van der Waals surface area contributed by atoms with Gasteiger partial charge >= 0.3 is 0 Å². The van der Waals surface area contributed by atoms with Gasteiger partial charge in [-0.2, -0.15) is 0 Å². The summed E-state index contributed by atoms with van der Waals surface area (Å²) in [6, 6.07) is 12.6. The highest BCUT2D eigenvalue weighted by atomic mass is 32.1. The first-order valence-electron chi connectivity index (χ1n) is 11.3. The van der Waals surface area contributed by atoms with Crippen LogP contribution in [0.3, 0.4) is 0 Å². The number of thiophene rings is 1. The van der Waals surface area contributed by atoms with Crippen molar-refractivity contribution in [2.75, 3.05) is 18.0 Å². The van der Waals surface area contributed by atoms with Crippen LogP contribution in [0.1, 0.15) is 49.7 Å². The van der Waals surface area contributed by atoms with Gasteiger partial charge in [0.25, 0.3) is 5.91 Å². The lowest BCUT2D eigenvalue weighted by Crippen LogP contribution is -2.33. The van der Waals surface area contributed by atoms with Crippen molar-refractivity contribution in [3.05, 3.63) is 53.0 Å². The lowest BCUT2D eigenvalue weighted by atomic mass is 9.95. The first kappa shape index (κ1) is 21.0. The van der Waals surface area contributed by atoms with E-state index in [-0.39, 0.29) is 17.2 Å². The number of hydrogen-bond donors (Lipinski definition) is 1. The van der Waals surface area contributed by atoms with Crippen LogP contribution in [0.15, 0.2) is 41.8 Å². The van der Waals surface area contributed by atoms with Gasteiger partial charge in [0.2, 0.25) is 5.91 Å². The molecule has 0 radical (unpaired) electrons. The van der Waals surface area contributed by atoms with Crippen molar-refractivity contribution >= 4 is 28.8 Å². The summed E-state index contributed by atoms with van der Waals surface area (Å²) in [6.07, 6.45) is 2.39. The molecule has 0 spiro atoms. The van der Waals surface area contributed by atoms with Gasteiger partial charge in [-0.05, 0) is 53.5 Å². The highest BCUT2D eigenvalue weighted by molar-refractivity contribution is 7.13.